The average Bonchev–Trinajstić information content (AvgIpc) is 3.01. The molecule has 3 amide bonds. The molecule has 1 radical (unpaired) electrons. The number of hydrogen-bond acceptors (Lipinski definition) is 7. The van der Waals surface area contributed by atoms with Crippen LogP contribution in [0, 0.1) is 16.2 Å². The summed E-state index contributed by atoms with van der Waals surface area (Å²) in [5.74, 6) is -0.697. The number of pyridine rings is 1. The van der Waals surface area contributed by atoms with Crippen molar-refractivity contribution < 1.29 is 24.0 Å². The van der Waals surface area contributed by atoms with Gasteiger partial charge in [-0.3, -0.25) is 29.6 Å². The quantitative estimate of drug-likeness (QED) is 0.190. The van der Waals surface area contributed by atoms with Gasteiger partial charge in [0.25, 0.3) is 11.6 Å². The number of carbonyl (C=O) groups is 3. The molecule has 1 aromatic heterocycles. The average molecular weight is 613 g/mol. The van der Waals surface area contributed by atoms with Gasteiger partial charge in [-0.1, -0.05) is 44.2 Å². The van der Waals surface area contributed by atoms with Crippen molar-refractivity contribution in [2.75, 3.05) is 31.6 Å². The van der Waals surface area contributed by atoms with Crippen LogP contribution in [0.2, 0.25) is 0 Å². The minimum Gasteiger partial charge on any atom is -0.444 e. The van der Waals surface area contributed by atoms with Crippen LogP contribution in [-0.2, 0) is 14.3 Å². The van der Waals surface area contributed by atoms with Crippen molar-refractivity contribution in [1.82, 2.24) is 14.8 Å². The topological polar surface area (TPSA) is 126 Å². The molecule has 2 aromatic carbocycles. The van der Waals surface area contributed by atoms with Gasteiger partial charge in [-0.15, -0.1) is 0 Å². The number of ether oxygens (including phenoxy) is 1. The van der Waals surface area contributed by atoms with E-state index >= 15 is 0 Å². The molecule has 1 atom stereocenters. The molecule has 1 saturated heterocycles. The number of nitrogens with zero attached hydrogens (tertiary/aromatic N) is 5. The second kappa shape index (κ2) is 13.7. The maximum absolute atomic E-state index is 13.7. The number of rotatable bonds is 7. The Kier molecular flexibility index (Phi) is 10.0. The molecule has 235 valence electrons. The molecular weight excluding hydrogens is 574 g/mol. The van der Waals surface area contributed by atoms with Crippen molar-refractivity contribution in [3.8, 4) is 11.1 Å². The van der Waals surface area contributed by atoms with E-state index in [1.165, 1.54) is 26.8 Å². The predicted molar refractivity (Wildman–Crippen MR) is 171 cm³/mol. The summed E-state index contributed by atoms with van der Waals surface area (Å²) in [6.45, 7) is 9.43. The van der Waals surface area contributed by atoms with Crippen LogP contribution in [0.3, 0.4) is 0 Å². The number of piperazine rings is 1. The molecule has 3 aromatic rings. The van der Waals surface area contributed by atoms with Gasteiger partial charge in [0.05, 0.1) is 23.1 Å². The Morgan fingerprint density at radius 3 is 2.44 bits per heavy atom. The second-order valence-electron chi connectivity index (χ2n) is 12.1. The first kappa shape index (κ1) is 32.8. The summed E-state index contributed by atoms with van der Waals surface area (Å²) < 4.78 is 5.59. The third kappa shape index (κ3) is 7.72. The zero-order valence-electron chi connectivity index (χ0n) is 26.4. The first-order valence-corrected chi connectivity index (χ1v) is 14.7. The molecule has 0 aliphatic carbocycles. The van der Waals surface area contributed by atoms with Gasteiger partial charge < -0.3 is 14.5 Å². The molecule has 0 saturated carbocycles. The Morgan fingerprint density at radius 1 is 1.11 bits per heavy atom. The van der Waals surface area contributed by atoms with Crippen LogP contribution in [0.5, 0.6) is 0 Å². The maximum atomic E-state index is 13.7. The largest absolute Gasteiger partial charge is 0.444 e. The van der Waals surface area contributed by atoms with Crippen molar-refractivity contribution in [3.63, 3.8) is 0 Å². The van der Waals surface area contributed by atoms with Gasteiger partial charge in [0.2, 0.25) is 5.91 Å². The molecule has 1 aliphatic heterocycles. The van der Waals surface area contributed by atoms with Gasteiger partial charge in [-0.25, -0.2) is 4.79 Å². The van der Waals surface area contributed by atoms with E-state index in [0.717, 1.165) is 5.56 Å². The molecule has 11 heteroatoms. The lowest BCUT2D eigenvalue weighted by atomic mass is 9.89. The van der Waals surface area contributed by atoms with Crippen LogP contribution in [0.15, 0.2) is 67.0 Å². The first-order valence-electron chi connectivity index (χ1n) is 14.7. The monoisotopic (exact) mass is 612 g/mol. The van der Waals surface area contributed by atoms with Gasteiger partial charge in [-0.05, 0) is 67.7 Å². The van der Waals surface area contributed by atoms with Crippen LogP contribution in [0.25, 0.3) is 17.2 Å². The zero-order chi connectivity index (χ0) is 32.9. The number of nitro groups is 1. The highest BCUT2D eigenvalue weighted by molar-refractivity contribution is 6.00. The predicted octanol–water partition coefficient (Wildman–Crippen LogP) is 5.70. The summed E-state index contributed by atoms with van der Waals surface area (Å²) in [5.41, 5.74) is 2.10. The summed E-state index contributed by atoms with van der Waals surface area (Å²) in [7, 11) is 1.60. The molecule has 0 spiro atoms. The number of aromatic nitrogens is 1. The summed E-state index contributed by atoms with van der Waals surface area (Å²) >= 11 is 0. The van der Waals surface area contributed by atoms with Gasteiger partial charge in [0.15, 0.2) is 0 Å². The van der Waals surface area contributed by atoms with E-state index in [4.69, 9.17) is 4.74 Å². The Hall–Kier alpha value is -5.06. The van der Waals surface area contributed by atoms with Crippen molar-refractivity contribution >= 4 is 35.4 Å². The molecule has 11 nitrogen and oxygen atoms in total. The number of nitro benzene ring substituents is 1. The van der Waals surface area contributed by atoms with Gasteiger partial charge in [0, 0.05) is 44.3 Å². The van der Waals surface area contributed by atoms with Crippen molar-refractivity contribution in [2.24, 2.45) is 0 Å². The van der Waals surface area contributed by atoms with Crippen LogP contribution in [0.1, 0.15) is 51.7 Å². The van der Waals surface area contributed by atoms with E-state index in [9.17, 15) is 24.5 Å². The van der Waals surface area contributed by atoms with E-state index in [-0.39, 0.29) is 31.2 Å². The minimum absolute atomic E-state index is 0.0670. The lowest BCUT2D eigenvalue weighted by Crippen LogP contribution is -2.62. The van der Waals surface area contributed by atoms with Gasteiger partial charge in [-0.2, -0.15) is 0 Å². The standard InChI is InChI=1S/C34H38N5O6/c1-23(2)26-11-7-8-12-27(26)31-24(10-9-13-28(31)39(43)44)14-15-30(40)37-20-21-38(33(42)45-34(3,4)5)29(22-37)32(41)36(6)25-16-18-35-19-17-25/h7-12,14-19,23,29H,20-22H2,1-6H3/b15-14+. The Labute approximate surface area is 263 Å². The lowest BCUT2D eigenvalue weighted by Gasteiger charge is -2.41. The van der Waals surface area contributed by atoms with Crippen molar-refractivity contribution in [2.45, 2.75) is 52.2 Å². The van der Waals surface area contributed by atoms with Gasteiger partial charge >= 0.3 is 6.09 Å². The van der Waals surface area contributed by atoms with Crippen molar-refractivity contribution in [1.29, 1.82) is 0 Å². The van der Waals surface area contributed by atoms with Crippen molar-refractivity contribution in [3.05, 3.63) is 94.3 Å². The lowest BCUT2D eigenvalue weighted by molar-refractivity contribution is -0.384. The molecule has 0 bridgehead atoms. The molecule has 1 unspecified atom stereocenters. The normalized spacial score (nSPS) is 15.3. The van der Waals surface area contributed by atoms with E-state index in [1.54, 1.807) is 64.5 Å². The number of anilines is 1. The number of benzene rings is 2. The Morgan fingerprint density at radius 2 is 1.80 bits per heavy atom. The fraction of sp³-hybridized carbons (Fsp3) is 0.353. The number of likely N-dealkylation sites (N-methyl/N-ethyl adjacent to an activating group) is 1. The van der Waals surface area contributed by atoms with Gasteiger partial charge in [0.1, 0.15) is 11.6 Å². The summed E-state index contributed by atoms with van der Waals surface area (Å²) in [6.07, 6.45) is 5.37. The SMILES string of the molecule is CC(C)c1ccccc1-c1c([N+](=O)[O-])[c]ccc1/C=C/C(=O)N1CCN(C(=O)OC(C)(C)C)C(C(=O)N(C)c2ccncc2)C1. The molecular formula is C34H38N5O6. The highest BCUT2D eigenvalue weighted by Gasteiger charge is 2.40. The Bertz CT molecular complexity index is 1600. The Balaban J connectivity index is 1.65. The number of amides is 3. The number of hydrogen-bond donors (Lipinski definition) is 0. The van der Waals surface area contributed by atoms with E-state index in [0.29, 0.717) is 22.4 Å². The minimum atomic E-state index is -1.01. The molecule has 4 rings (SSSR count). The van der Waals surface area contributed by atoms with E-state index in [2.05, 4.69) is 11.1 Å². The van der Waals surface area contributed by atoms with Crippen LogP contribution in [0.4, 0.5) is 16.2 Å². The first-order chi connectivity index (χ1) is 21.3. The molecule has 1 fully saturated rings. The fourth-order valence-corrected chi connectivity index (χ4v) is 5.22. The summed E-state index contributed by atoms with van der Waals surface area (Å²) in [6, 6.07) is 15.7. The number of carbonyl (C=O) groups excluding carboxylic acids is 3. The van der Waals surface area contributed by atoms with E-state index in [1.807, 2.05) is 38.1 Å². The van der Waals surface area contributed by atoms with E-state index < -0.39 is 34.5 Å². The summed E-state index contributed by atoms with van der Waals surface area (Å²) in [5, 5.41) is 12.0. The third-order valence-electron chi connectivity index (χ3n) is 7.43. The molecule has 45 heavy (non-hydrogen) atoms. The third-order valence-corrected chi connectivity index (χ3v) is 7.43. The maximum Gasteiger partial charge on any atom is 0.411 e. The highest BCUT2D eigenvalue weighted by atomic mass is 16.6. The van der Waals surface area contributed by atoms with Crippen LogP contribution in [-0.4, -0.2) is 75.9 Å². The van der Waals surface area contributed by atoms with Crippen LogP contribution < -0.4 is 4.90 Å². The molecule has 2 heterocycles. The summed E-state index contributed by atoms with van der Waals surface area (Å²) in [4.78, 5) is 60.3. The molecule has 1 aliphatic rings. The zero-order valence-corrected chi connectivity index (χ0v) is 26.4. The highest BCUT2D eigenvalue weighted by Crippen LogP contribution is 2.38. The smallest absolute Gasteiger partial charge is 0.411 e. The second-order valence-corrected chi connectivity index (χ2v) is 12.1. The molecule has 0 N–H and O–H groups in total. The van der Waals surface area contributed by atoms with Crippen LogP contribution >= 0.6 is 0 Å². The fourth-order valence-electron chi connectivity index (χ4n) is 5.22.